The Morgan fingerprint density at radius 1 is 1.35 bits per heavy atom. The van der Waals surface area contributed by atoms with Gasteiger partial charge in [0.1, 0.15) is 11.0 Å². The zero-order chi connectivity index (χ0) is 16.1. The highest BCUT2D eigenvalue weighted by molar-refractivity contribution is 7.09. The van der Waals surface area contributed by atoms with Crippen LogP contribution in [0.3, 0.4) is 0 Å². The van der Waals surface area contributed by atoms with Crippen LogP contribution in [-0.4, -0.2) is 35.4 Å². The Balaban J connectivity index is 1.65. The standard InChI is InChI=1S/C18H23N3OS/c1-14-7-10-21(11-8-14)13-16(22)20-17(18-19-9-12-23-18)15-5-3-2-4-6-15/h2-6,9,12,14,17H,7-8,10-11,13H2,1H3,(H,20,22). The summed E-state index contributed by atoms with van der Waals surface area (Å²) in [5.41, 5.74) is 1.07. The lowest BCUT2D eigenvalue weighted by atomic mass is 9.99. The second-order valence-electron chi connectivity index (χ2n) is 6.24. The molecule has 1 saturated heterocycles. The molecule has 0 saturated carbocycles. The second kappa shape index (κ2) is 7.70. The molecule has 0 aliphatic carbocycles. The third-order valence-corrected chi connectivity index (χ3v) is 5.22. The quantitative estimate of drug-likeness (QED) is 0.917. The molecule has 1 aliphatic rings. The molecule has 1 unspecified atom stereocenters. The van der Waals surface area contributed by atoms with Gasteiger partial charge in [-0.3, -0.25) is 9.69 Å². The van der Waals surface area contributed by atoms with E-state index in [2.05, 4.69) is 22.1 Å². The van der Waals surface area contributed by atoms with E-state index in [1.54, 1.807) is 17.5 Å². The van der Waals surface area contributed by atoms with E-state index in [1.807, 2.05) is 35.7 Å². The van der Waals surface area contributed by atoms with Gasteiger partial charge < -0.3 is 5.32 Å². The number of nitrogens with one attached hydrogen (secondary N) is 1. The van der Waals surface area contributed by atoms with Crippen molar-refractivity contribution in [3.05, 3.63) is 52.5 Å². The van der Waals surface area contributed by atoms with Crippen molar-refractivity contribution in [3.8, 4) is 0 Å². The predicted molar refractivity (Wildman–Crippen MR) is 93.4 cm³/mol. The number of hydrogen-bond donors (Lipinski definition) is 1. The predicted octanol–water partition coefficient (Wildman–Crippen LogP) is 3.08. The number of benzene rings is 1. The Kier molecular flexibility index (Phi) is 5.41. The first-order valence-electron chi connectivity index (χ1n) is 8.18. The van der Waals surface area contributed by atoms with E-state index < -0.39 is 0 Å². The van der Waals surface area contributed by atoms with Crippen molar-refractivity contribution in [1.29, 1.82) is 0 Å². The first kappa shape index (κ1) is 16.1. The Hall–Kier alpha value is -1.72. The minimum absolute atomic E-state index is 0.0728. The first-order valence-corrected chi connectivity index (χ1v) is 9.06. The summed E-state index contributed by atoms with van der Waals surface area (Å²) in [5.74, 6) is 0.852. The highest BCUT2D eigenvalue weighted by atomic mass is 32.1. The minimum atomic E-state index is -0.160. The molecular formula is C18H23N3OS. The van der Waals surface area contributed by atoms with Crippen LogP contribution in [0.15, 0.2) is 41.9 Å². The van der Waals surface area contributed by atoms with Crippen LogP contribution in [0.25, 0.3) is 0 Å². The molecule has 5 heteroatoms. The maximum absolute atomic E-state index is 12.5. The van der Waals surface area contributed by atoms with Crippen LogP contribution < -0.4 is 5.32 Å². The molecule has 1 atom stereocenters. The summed E-state index contributed by atoms with van der Waals surface area (Å²) in [6.07, 6.45) is 4.15. The number of hydrogen-bond acceptors (Lipinski definition) is 4. The lowest BCUT2D eigenvalue weighted by Gasteiger charge is -2.30. The van der Waals surface area contributed by atoms with Gasteiger partial charge in [-0.25, -0.2) is 4.98 Å². The topological polar surface area (TPSA) is 45.2 Å². The van der Waals surface area contributed by atoms with Crippen molar-refractivity contribution < 1.29 is 4.79 Å². The normalized spacial score (nSPS) is 17.8. The van der Waals surface area contributed by atoms with Gasteiger partial charge in [0, 0.05) is 11.6 Å². The monoisotopic (exact) mass is 329 g/mol. The molecule has 1 N–H and O–H groups in total. The van der Waals surface area contributed by atoms with Crippen LogP contribution in [0.2, 0.25) is 0 Å². The van der Waals surface area contributed by atoms with E-state index in [-0.39, 0.29) is 11.9 Å². The summed E-state index contributed by atoms with van der Waals surface area (Å²) in [6.45, 7) is 4.79. The third-order valence-electron chi connectivity index (χ3n) is 4.38. The molecule has 122 valence electrons. The molecule has 3 rings (SSSR count). The fourth-order valence-corrected chi connectivity index (χ4v) is 3.65. The van der Waals surface area contributed by atoms with Gasteiger partial charge in [0.15, 0.2) is 0 Å². The molecule has 0 radical (unpaired) electrons. The van der Waals surface area contributed by atoms with Crippen molar-refractivity contribution in [2.45, 2.75) is 25.8 Å². The highest BCUT2D eigenvalue weighted by Crippen LogP contribution is 2.23. The summed E-state index contributed by atoms with van der Waals surface area (Å²) in [7, 11) is 0. The lowest BCUT2D eigenvalue weighted by Crippen LogP contribution is -2.42. The fraction of sp³-hybridized carbons (Fsp3) is 0.444. The Morgan fingerprint density at radius 2 is 2.09 bits per heavy atom. The van der Waals surface area contributed by atoms with E-state index in [0.717, 1.165) is 29.6 Å². The van der Waals surface area contributed by atoms with Crippen LogP contribution in [-0.2, 0) is 4.79 Å². The fourth-order valence-electron chi connectivity index (χ4n) is 2.94. The van der Waals surface area contributed by atoms with E-state index >= 15 is 0 Å². The number of amides is 1. The van der Waals surface area contributed by atoms with Crippen molar-refractivity contribution in [3.63, 3.8) is 0 Å². The number of thiazole rings is 1. The van der Waals surface area contributed by atoms with Gasteiger partial charge in [-0.2, -0.15) is 0 Å². The van der Waals surface area contributed by atoms with Gasteiger partial charge in [0.2, 0.25) is 5.91 Å². The molecule has 1 aliphatic heterocycles. The number of piperidine rings is 1. The summed E-state index contributed by atoms with van der Waals surface area (Å²) < 4.78 is 0. The van der Waals surface area contributed by atoms with Crippen LogP contribution in [0.5, 0.6) is 0 Å². The van der Waals surface area contributed by atoms with Crippen LogP contribution in [0, 0.1) is 5.92 Å². The summed E-state index contributed by atoms with van der Waals surface area (Å²) in [6, 6.07) is 9.89. The maximum atomic E-state index is 12.5. The Morgan fingerprint density at radius 3 is 2.74 bits per heavy atom. The Bertz CT molecular complexity index is 606. The van der Waals surface area contributed by atoms with Crippen molar-refractivity contribution in [2.75, 3.05) is 19.6 Å². The molecule has 0 bridgehead atoms. The largest absolute Gasteiger partial charge is 0.342 e. The van der Waals surface area contributed by atoms with E-state index in [4.69, 9.17) is 0 Å². The Labute approximate surface area is 141 Å². The van der Waals surface area contributed by atoms with Crippen LogP contribution in [0.4, 0.5) is 0 Å². The number of carbonyl (C=O) groups is 1. The zero-order valence-electron chi connectivity index (χ0n) is 13.4. The van der Waals surface area contributed by atoms with Gasteiger partial charge in [0.25, 0.3) is 0 Å². The van der Waals surface area contributed by atoms with Crippen molar-refractivity contribution in [2.24, 2.45) is 5.92 Å². The number of aromatic nitrogens is 1. The van der Waals surface area contributed by atoms with E-state index in [1.165, 1.54) is 12.8 Å². The molecule has 0 spiro atoms. The minimum Gasteiger partial charge on any atom is -0.342 e. The second-order valence-corrected chi connectivity index (χ2v) is 7.17. The van der Waals surface area contributed by atoms with Gasteiger partial charge >= 0.3 is 0 Å². The van der Waals surface area contributed by atoms with Crippen molar-refractivity contribution >= 4 is 17.2 Å². The average Bonchev–Trinajstić information content (AvgIpc) is 3.10. The van der Waals surface area contributed by atoms with Gasteiger partial charge in [0.05, 0.1) is 6.54 Å². The zero-order valence-corrected chi connectivity index (χ0v) is 14.3. The molecule has 2 heterocycles. The van der Waals surface area contributed by atoms with Gasteiger partial charge in [-0.15, -0.1) is 11.3 Å². The number of nitrogens with zero attached hydrogens (tertiary/aromatic N) is 2. The SMILES string of the molecule is CC1CCN(CC(=O)NC(c2ccccc2)c2nccs2)CC1. The van der Waals surface area contributed by atoms with E-state index in [9.17, 15) is 4.79 Å². The number of rotatable bonds is 5. The molecule has 23 heavy (non-hydrogen) atoms. The third kappa shape index (κ3) is 4.39. The molecule has 1 fully saturated rings. The van der Waals surface area contributed by atoms with Crippen molar-refractivity contribution in [1.82, 2.24) is 15.2 Å². The number of carbonyl (C=O) groups excluding carboxylic acids is 1. The lowest BCUT2D eigenvalue weighted by molar-refractivity contribution is -0.123. The molecule has 1 amide bonds. The highest BCUT2D eigenvalue weighted by Gasteiger charge is 2.22. The van der Waals surface area contributed by atoms with Gasteiger partial charge in [-0.05, 0) is 37.4 Å². The maximum Gasteiger partial charge on any atom is 0.235 e. The summed E-state index contributed by atoms with van der Waals surface area (Å²) in [5, 5.41) is 6.04. The average molecular weight is 329 g/mol. The molecule has 2 aromatic rings. The summed E-state index contributed by atoms with van der Waals surface area (Å²) in [4.78, 5) is 19.1. The molecular weight excluding hydrogens is 306 g/mol. The first-order chi connectivity index (χ1) is 11.2. The van der Waals surface area contributed by atoms with Gasteiger partial charge in [-0.1, -0.05) is 37.3 Å². The molecule has 1 aromatic heterocycles. The van der Waals surface area contributed by atoms with E-state index in [0.29, 0.717) is 6.54 Å². The summed E-state index contributed by atoms with van der Waals surface area (Å²) >= 11 is 1.57. The van der Waals surface area contributed by atoms with Crippen LogP contribution in [0.1, 0.15) is 36.4 Å². The molecule has 4 nitrogen and oxygen atoms in total. The molecule has 1 aromatic carbocycles. The number of likely N-dealkylation sites (tertiary alicyclic amines) is 1. The smallest absolute Gasteiger partial charge is 0.235 e. The van der Waals surface area contributed by atoms with Crippen LogP contribution >= 0.6 is 11.3 Å².